The number of carbonyl (C=O) groups excluding carboxylic acids is 1. The number of nitrogens with one attached hydrogen (secondary N) is 1. The average molecular weight is 136 g/mol. The molecule has 0 atom stereocenters. The third-order valence-corrected chi connectivity index (χ3v) is 1.24. The predicted octanol–water partition coefficient (Wildman–Crippen LogP) is 0.785. The van der Waals surface area contributed by atoms with Crippen LogP contribution in [0.15, 0.2) is 24.3 Å². The quantitative estimate of drug-likeness (QED) is 0.359. The van der Waals surface area contributed by atoms with Gasteiger partial charge in [-0.05, 0) is 12.1 Å². The Morgan fingerprint density at radius 2 is 2.10 bits per heavy atom. The lowest BCUT2D eigenvalue weighted by atomic mass is 10.2. The van der Waals surface area contributed by atoms with E-state index in [1.807, 2.05) is 6.07 Å². The summed E-state index contributed by atoms with van der Waals surface area (Å²) in [6, 6.07) is 7.03. The predicted molar refractivity (Wildman–Crippen MR) is 39.6 cm³/mol. The number of para-hydroxylation sites is 1. The molecule has 0 radical (unpaired) electrons. The second-order valence-electron chi connectivity index (χ2n) is 1.85. The van der Waals surface area contributed by atoms with E-state index in [1.54, 1.807) is 18.2 Å². The summed E-state index contributed by atoms with van der Waals surface area (Å²) in [5, 5.41) is 0. The van der Waals surface area contributed by atoms with Gasteiger partial charge >= 0.3 is 0 Å². The normalized spacial score (nSPS) is 8.90. The molecule has 0 fully saturated rings. The van der Waals surface area contributed by atoms with Crippen molar-refractivity contribution in [3.05, 3.63) is 29.8 Å². The monoisotopic (exact) mass is 136 g/mol. The van der Waals surface area contributed by atoms with Gasteiger partial charge in [-0.2, -0.15) is 0 Å². The Labute approximate surface area is 58.8 Å². The minimum Gasteiger partial charge on any atom is -0.323 e. The fraction of sp³-hybridized carbons (Fsp3) is 0. The molecular weight excluding hydrogens is 128 g/mol. The Bertz CT molecular complexity index is 235. The number of nitrogen functional groups attached to an aromatic ring is 1. The largest absolute Gasteiger partial charge is 0.323 e. The van der Waals surface area contributed by atoms with Gasteiger partial charge < -0.3 is 5.43 Å². The SMILES string of the molecule is NNc1ccccc1C=O. The lowest BCUT2D eigenvalue weighted by molar-refractivity contribution is 0.112. The van der Waals surface area contributed by atoms with E-state index in [0.29, 0.717) is 11.3 Å². The van der Waals surface area contributed by atoms with Gasteiger partial charge in [-0.3, -0.25) is 10.6 Å². The zero-order chi connectivity index (χ0) is 7.40. The van der Waals surface area contributed by atoms with Crippen LogP contribution in [0.3, 0.4) is 0 Å². The van der Waals surface area contributed by atoms with E-state index in [-0.39, 0.29) is 0 Å². The number of hydrazine groups is 1. The first kappa shape index (κ1) is 6.77. The van der Waals surface area contributed by atoms with E-state index >= 15 is 0 Å². The van der Waals surface area contributed by atoms with Crippen molar-refractivity contribution in [3.8, 4) is 0 Å². The Balaban J connectivity index is 3.08. The van der Waals surface area contributed by atoms with Crippen LogP contribution >= 0.6 is 0 Å². The van der Waals surface area contributed by atoms with Crippen molar-refractivity contribution in [2.24, 2.45) is 5.84 Å². The topological polar surface area (TPSA) is 55.1 Å². The Kier molecular flexibility index (Phi) is 2.02. The van der Waals surface area contributed by atoms with Crippen LogP contribution in [0.5, 0.6) is 0 Å². The highest BCUT2D eigenvalue weighted by Crippen LogP contribution is 2.09. The van der Waals surface area contributed by atoms with Gasteiger partial charge in [0.15, 0.2) is 6.29 Å². The van der Waals surface area contributed by atoms with Gasteiger partial charge in [0.25, 0.3) is 0 Å². The molecule has 0 aromatic heterocycles. The van der Waals surface area contributed by atoms with Crippen LogP contribution in [0.1, 0.15) is 10.4 Å². The average Bonchev–Trinajstić information content (AvgIpc) is 2.04. The summed E-state index contributed by atoms with van der Waals surface area (Å²) >= 11 is 0. The summed E-state index contributed by atoms with van der Waals surface area (Å²) in [4.78, 5) is 10.3. The number of hydrogen-bond donors (Lipinski definition) is 2. The maximum Gasteiger partial charge on any atom is 0.152 e. The summed E-state index contributed by atoms with van der Waals surface area (Å²) in [5.74, 6) is 5.12. The highest BCUT2D eigenvalue weighted by molar-refractivity contribution is 5.83. The summed E-state index contributed by atoms with van der Waals surface area (Å²) in [6.45, 7) is 0. The molecule has 0 bridgehead atoms. The second kappa shape index (κ2) is 2.98. The molecule has 0 saturated carbocycles. The summed E-state index contributed by atoms with van der Waals surface area (Å²) in [6.07, 6.45) is 0.759. The number of carbonyl (C=O) groups is 1. The molecule has 3 N–H and O–H groups in total. The highest BCUT2D eigenvalue weighted by atomic mass is 16.1. The fourth-order valence-electron chi connectivity index (χ4n) is 0.731. The van der Waals surface area contributed by atoms with Crippen LogP contribution in [0, 0.1) is 0 Å². The highest BCUT2D eigenvalue weighted by Gasteiger charge is 1.94. The van der Waals surface area contributed by atoms with Gasteiger partial charge in [-0.1, -0.05) is 12.1 Å². The van der Waals surface area contributed by atoms with Gasteiger partial charge in [0.05, 0.1) is 5.69 Å². The first-order valence-corrected chi connectivity index (χ1v) is 2.89. The van der Waals surface area contributed by atoms with E-state index in [0.717, 1.165) is 6.29 Å². The molecule has 0 aliphatic heterocycles. The molecular formula is C7H8N2O. The number of rotatable bonds is 2. The van der Waals surface area contributed by atoms with Gasteiger partial charge in [0.1, 0.15) is 0 Å². The summed E-state index contributed by atoms with van der Waals surface area (Å²) < 4.78 is 0. The van der Waals surface area contributed by atoms with Gasteiger partial charge in [0, 0.05) is 5.56 Å². The van der Waals surface area contributed by atoms with Crippen LogP contribution in [0.2, 0.25) is 0 Å². The molecule has 3 heteroatoms. The van der Waals surface area contributed by atoms with Crippen molar-refractivity contribution >= 4 is 12.0 Å². The third kappa shape index (κ3) is 1.14. The molecule has 0 aliphatic rings. The zero-order valence-corrected chi connectivity index (χ0v) is 5.37. The van der Waals surface area contributed by atoms with Gasteiger partial charge in [-0.15, -0.1) is 0 Å². The lowest BCUT2D eigenvalue weighted by Crippen LogP contribution is -2.08. The molecule has 1 rings (SSSR count). The van der Waals surface area contributed by atoms with Crippen molar-refractivity contribution in [3.63, 3.8) is 0 Å². The minimum atomic E-state index is 0.574. The van der Waals surface area contributed by atoms with E-state index in [1.165, 1.54) is 0 Å². The Morgan fingerprint density at radius 3 is 2.60 bits per heavy atom. The summed E-state index contributed by atoms with van der Waals surface area (Å²) in [5.41, 5.74) is 3.64. The van der Waals surface area contributed by atoms with Crippen molar-refractivity contribution < 1.29 is 4.79 Å². The molecule has 1 aromatic rings. The molecule has 1 aromatic carbocycles. The van der Waals surface area contributed by atoms with E-state index < -0.39 is 0 Å². The molecule has 0 unspecified atom stereocenters. The van der Waals surface area contributed by atoms with Crippen molar-refractivity contribution in [2.45, 2.75) is 0 Å². The first-order valence-electron chi connectivity index (χ1n) is 2.89. The Morgan fingerprint density at radius 1 is 1.40 bits per heavy atom. The molecule has 0 amide bonds. The molecule has 0 saturated heterocycles. The zero-order valence-electron chi connectivity index (χ0n) is 5.37. The summed E-state index contributed by atoms with van der Waals surface area (Å²) in [7, 11) is 0. The maximum absolute atomic E-state index is 10.3. The second-order valence-corrected chi connectivity index (χ2v) is 1.85. The van der Waals surface area contributed by atoms with Gasteiger partial charge in [0.2, 0.25) is 0 Å². The number of aldehydes is 1. The smallest absolute Gasteiger partial charge is 0.152 e. The van der Waals surface area contributed by atoms with Crippen LogP contribution in [0.4, 0.5) is 5.69 Å². The van der Waals surface area contributed by atoms with Gasteiger partial charge in [-0.25, -0.2) is 0 Å². The molecule has 0 heterocycles. The Hall–Kier alpha value is -1.35. The molecule has 52 valence electrons. The van der Waals surface area contributed by atoms with Crippen molar-refractivity contribution in [1.82, 2.24) is 0 Å². The molecule has 10 heavy (non-hydrogen) atoms. The van der Waals surface area contributed by atoms with E-state index in [4.69, 9.17) is 5.84 Å². The van der Waals surface area contributed by atoms with Crippen molar-refractivity contribution in [1.29, 1.82) is 0 Å². The van der Waals surface area contributed by atoms with E-state index in [2.05, 4.69) is 5.43 Å². The first-order chi connectivity index (χ1) is 4.88. The maximum atomic E-state index is 10.3. The van der Waals surface area contributed by atoms with Crippen LogP contribution in [-0.2, 0) is 0 Å². The minimum absolute atomic E-state index is 0.574. The van der Waals surface area contributed by atoms with E-state index in [9.17, 15) is 4.79 Å². The van der Waals surface area contributed by atoms with Crippen LogP contribution in [0.25, 0.3) is 0 Å². The van der Waals surface area contributed by atoms with Crippen LogP contribution in [-0.4, -0.2) is 6.29 Å². The number of nitrogens with two attached hydrogens (primary N) is 1. The fourth-order valence-corrected chi connectivity index (χ4v) is 0.731. The van der Waals surface area contributed by atoms with Crippen molar-refractivity contribution in [2.75, 3.05) is 5.43 Å². The molecule has 3 nitrogen and oxygen atoms in total. The number of anilines is 1. The van der Waals surface area contributed by atoms with Crippen LogP contribution < -0.4 is 11.3 Å². The lowest BCUT2D eigenvalue weighted by Gasteiger charge is -2.00. The standard InChI is InChI=1S/C7H8N2O/c8-9-7-4-2-1-3-6(7)5-10/h1-5,9H,8H2. The number of hydrogen-bond acceptors (Lipinski definition) is 3. The third-order valence-electron chi connectivity index (χ3n) is 1.24. The molecule has 0 spiro atoms. The molecule has 0 aliphatic carbocycles. The number of benzene rings is 1.